The predicted octanol–water partition coefficient (Wildman–Crippen LogP) is 35.9. The lowest BCUT2D eigenvalue weighted by Crippen LogP contribution is -2.18. The maximum Gasteiger partial charge on any atom is 0.159 e. The quantitative estimate of drug-likeness (QED) is 0.0998. The minimum absolute atomic E-state index is 0.407. The molecular formula is C123H76N4O4. The van der Waals surface area contributed by atoms with E-state index in [9.17, 15) is 0 Å². The summed E-state index contributed by atoms with van der Waals surface area (Å²) in [6.07, 6.45) is 0. The van der Waals surface area contributed by atoms with Crippen LogP contribution in [-0.2, 0) is 5.41 Å². The van der Waals surface area contributed by atoms with Crippen molar-refractivity contribution in [3.63, 3.8) is 0 Å². The molecule has 28 aromatic rings. The third-order valence-corrected chi connectivity index (χ3v) is 28.3. The van der Waals surface area contributed by atoms with Crippen LogP contribution in [0.5, 0.6) is 0 Å². The maximum absolute atomic E-state index is 7.04. The first-order chi connectivity index (χ1) is 64.7. The monoisotopic (exact) mass is 1670 g/mol. The van der Waals surface area contributed by atoms with Crippen molar-refractivity contribution in [1.82, 2.24) is 0 Å². The summed E-state index contributed by atoms with van der Waals surface area (Å²) in [6, 6.07) is 156. The average Bonchev–Trinajstić information content (AvgIpc) is 1.52. The van der Waals surface area contributed by atoms with Crippen LogP contribution < -0.4 is 19.6 Å². The number of benzene rings is 24. The second kappa shape index (κ2) is 27.9. The molecule has 612 valence electrons. The number of anilines is 12. The Hall–Kier alpha value is -17.2. The van der Waals surface area contributed by atoms with Crippen LogP contribution in [0.1, 0.15) is 25.0 Å². The van der Waals surface area contributed by atoms with Crippen molar-refractivity contribution in [2.75, 3.05) is 19.6 Å². The third kappa shape index (κ3) is 11.0. The summed E-state index contributed by atoms with van der Waals surface area (Å²) in [7, 11) is 0. The second-order valence-corrected chi connectivity index (χ2v) is 35.7. The second-order valence-electron chi connectivity index (χ2n) is 35.7. The van der Waals surface area contributed by atoms with Gasteiger partial charge in [-0.05, 0) is 219 Å². The topological polar surface area (TPSA) is 65.5 Å². The molecule has 0 bridgehead atoms. The number of furan rings is 4. The molecule has 4 aromatic heterocycles. The van der Waals surface area contributed by atoms with Crippen LogP contribution in [0.3, 0.4) is 0 Å². The third-order valence-electron chi connectivity index (χ3n) is 28.3. The van der Waals surface area contributed by atoms with Gasteiger partial charge in [-0.1, -0.05) is 317 Å². The van der Waals surface area contributed by atoms with Gasteiger partial charge in [0.2, 0.25) is 0 Å². The first-order valence-electron chi connectivity index (χ1n) is 45.0. The molecule has 8 heteroatoms. The van der Waals surface area contributed by atoms with E-state index in [1.807, 2.05) is 12.1 Å². The van der Waals surface area contributed by atoms with Gasteiger partial charge in [0.05, 0.1) is 45.5 Å². The number of nitrogens with zero attached hydrogens (tertiary/aromatic N) is 4. The molecule has 0 aliphatic rings. The molecule has 0 radical (unpaired) electrons. The highest BCUT2D eigenvalue weighted by molar-refractivity contribution is 6.31. The van der Waals surface area contributed by atoms with E-state index in [0.29, 0.717) is 0 Å². The van der Waals surface area contributed by atoms with Crippen LogP contribution >= 0.6 is 0 Å². The molecule has 0 atom stereocenters. The van der Waals surface area contributed by atoms with Gasteiger partial charge in [-0.15, -0.1) is 0 Å². The van der Waals surface area contributed by atoms with Gasteiger partial charge in [-0.25, -0.2) is 0 Å². The van der Waals surface area contributed by atoms with Gasteiger partial charge < -0.3 is 37.3 Å². The molecule has 0 saturated heterocycles. The fraction of sp³-hybridized carbons (Fsp3) is 0.0244. The zero-order chi connectivity index (χ0) is 86.0. The molecule has 0 saturated carbocycles. The van der Waals surface area contributed by atoms with Crippen LogP contribution in [0.4, 0.5) is 68.2 Å². The van der Waals surface area contributed by atoms with Crippen molar-refractivity contribution in [2.45, 2.75) is 19.3 Å². The standard InChI is InChI=1S/C123H76N4O4/c1-123(2,85-53-39-83-71-89(57-43-81(83)67-85)126(109-33-17-29-97-93-25-9-13-37-113(93)130-121(97)109)105-65-51-77-45-59-99-103(63-49-75-47-61-101(105)117(77)115(75)99)124(87-55-41-73-19-3-5-21-79(73)69-87)107-31-15-27-95-91-23-7-11-35-111(91)128-119(95)107)86-54-40-84-72-90(58-44-82(84)68-86)127(110-34-18-30-98-94-26-10-14-38-114(94)131-122(98)110)106-66-52-78-46-60-100-104(64-50-76-48-62-102(106)118(78)116(76)100)125(88-56-42-74-20-4-6-22-80(74)70-88)108-32-16-28-96-92-24-8-12-36-112(92)129-120(96)108/h3-72H,1-2H3. The van der Waals surface area contributed by atoms with Crippen LogP contribution in [0.25, 0.3) is 195 Å². The van der Waals surface area contributed by atoms with E-state index in [1.54, 1.807) is 0 Å². The van der Waals surface area contributed by atoms with E-state index in [0.717, 1.165) is 231 Å². The molecule has 24 aromatic carbocycles. The number of fused-ring (bicyclic) bond motifs is 16. The SMILES string of the molecule is CC(C)(c1ccc2cc(N(c3ccc4ccc5c(N(c6ccc7ccccc7c6)c6cccc7c6oc6ccccc67)ccc6ccc3c4c65)c3cccc4c3oc3ccccc34)ccc2c1)c1ccc2cc(N(c3ccc4ccc5c(N(c6ccc7ccccc7c6)c6cccc7c6oc6ccccc67)ccc6ccc3c4c65)c3cccc4c3oc3ccccc34)ccc2c1. The molecule has 0 aliphatic heterocycles. The van der Waals surface area contributed by atoms with Crippen molar-refractivity contribution >= 4 is 264 Å². The highest BCUT2D eigenvalue weighted by Crippen LogP contribution is 2.56. The van der Waals surface area contributed by atoms with Crippen molar-refractivity contribution in [3.05, 3.63) is 436 Å². The zero-order valence-electron chi connectivity index (χ0n) is 71.3. The fourth-order valence-electron chi connectivity index (χ4n) is 21.9. The molecule has 131 heavy (non-hydrogen) atoms. The Morgan fingerprint density at radius 3 is 0.679 bits per heavy atom. The van der Waals surface area contributed by atoms with E-state index in [1.165, 1.54) is 43.4 Å². The van der Waals surface area contributed by atoms with Crippen molar-refractivity contribution < 1.29 is 17.7 Å². The minimum atomic E-state index is -0.407. The lowest BCUT2D eigenvalue weighted by molar-refractivity contribution is 0.643. The molecule has 0 spiro atoms. The molecule has 0 amide bonds. The highest BCUT2D eigenvalue weighted by atomic mass is 16.3. The predicted molar refractivity (Wildman–Crippen MR) is 550 cm³/mol. The number of hydrogen-bond acceptors (Lipinski definition) is 8. The summed E-state index contributed by atoms with van der Waals surface area (Å²) in [5.74, 6) is 0. The van der Waals surface area contributed by atoms with Crippen molar-refractivity contribution in [1.29, 1.82) is 0 Å². The molecule has 28 rings (SSSR count). The molecular weight excluding hydrogens is 1600 g/mol. The maximum atomic E-state index is 7.04. The Bertz CT molecular complexity index is 9130. The Kier molecular flexibility index (Phi) is 15.6. The van der Waals surface area contributed by atoms with E-state index < -0.39 is 5.41 Å². The summed E-state index contributed by atoms with van der Waals surface area (Å²) < 4.78 is 27.9. The van der Waals surface area contributed by atoms with Crippen LogP contribution in [0.2, 0.25) is 0 Å². The Morgan fingerprint density at radius 1 is 0.160 bits per heavy atom. The number of para-hydroxylation sites is 8. The fourth-order valence-corrected chi connectivity index (χ4v) is 21.9. The van der Waals surface area contributed by atoms with Gasteiger partial charge in [-0.3, -0.25) is 0 Å². The molecule has 8 nitrogen and oxygen atoms in total. The van der Waals surface area contributed by atoms with Crippen LogP contribution in [-0.4, -0.2) is 0 Å². The van der Waals surface area contributed by atoms with Crippen LogP contribution in [0, 0.1) is 0 Å². The van der Waals surface area contributed by atoms with Gasteiger partial charge in [0.25, 0.3) is 0 Å². The lowest BCUT2D eigenvalue weighted by atomic mass is 9.77. The van der Waals surface area contributed by atoms with E-state index in [2.05, 4.69) is 446 Å². The smallest absolute Gasteiger partial charge is 0.159 e. The van der Waals surface area contributed by atoms with Crippen LogP contribution in [0.15, 0.2) is 442 Å². The average molecular weight is 1670 g/mol. The largest absolute Gasteiger partial charge is 0.454 e. The summed E-state index contributed by atoms with van der Waals surface area (Å²) in [5, 5.41) is 31.7. The molecule has 4 heterocycles. The van der Waals surface area contributed by atoms with Gasteiger partial charge in [0, 0.05) is 92.8 Å². The number of hydrogen-bond donors (Lipinski definition) is 0. The molecule has 0 N–H and O–H groups in total. The van der Waals surface area contributed by atoms with Gasteiger partial charge in [0.15, 0.2) is 22.3 Å². The molecule has 0 aliphatic carbocycles. The summed E-state index contributed by atoms with van der Waals surface area (Å²) in [5.41, 5.74) is 20.9. The Labute approximate surface area is 750 Å². The summed E-state index contributed by atoms with van der Waals surface area (Å²) >= 11 is 0. The van der Waals surface area contributed by atoms with E-state index in [-0.39, 0.29) is 0 Å². The highest BCUT2D eigenvalue weighted by Gasteiger charge is 2.32. The van der Waals surface area contributed by atoms with Crippen molar-refractivity contribution in [2.24, 2.45) is 0 Å². The van der Waals surface area contributed by atoms with E-state index in [4.69, 9.17) is 17.7 Å². The Balaban J connectivity index is 0.558. The lowest BCUT2D eigenvalue weighted by Gasteiger charge is -2.30. The minimum Gasteiger partial charge on any atom is -0.454 e. The van der Waals surface area contributed by atoms with E-state index >= 15 is 0 Å². The Morgan fingerprint density at radius 2 is 0.382 bits per heavy atom. The first-order valence-corrected chi connectivity index (χ1v) is 45.0. The summed E-state index contributed by atoms with van der Waals surface area (Å²) in [4.78, 5) is 9.69. The normalized spacial score (nSPS) is 12.4. The van der Waals surface area contributed by atoms with Gasteiger partial charge in [-0.2, -0.15) is 0 Å². The molecule has 0 fully saturated rings. The van der Waals surface area contributed by atoms with Crippen molar-refractivity contribution in [3.8, 4) is 0 Å². The van der Waals surface area contributed by atoms with Gasteiger partial charge in [0.1, 0.15) is 22.3 Å². The summed E-state index contributed by atoms with van der Waals surface area (Å²) in [6.45, 7) is 4.73. The first kappa shape index (κ1) is 73.0. The number of rotatable bonds is 14. The van der Waals surface area contributed by atoms with Gasteiger partial charge >= 0.3 is 0 Å². The zero-order valence-corrected chi connectivity index (χ0v) is 71.3. The molecule has 0 unspecified atom stereocenters.